The highest BCUT2D eigenvalue weighted by Gasteiger charge is 2.12. The monoisotopic (exact) mass is 337 g/mol. The predicted octanol–water partition coefficient (Wildman–Crippen LogP) is 5.15. The molecule has 21 heavy (non-hydrogen) atoms. The van der Waals surface area contributed by atoms with Crippen molar-refractivity contribution in [3.63, 3.8) is 0 Å². The largest absolute Gasteiger partial charge is 0.383 e. The minimum absolute atomic E-state index is 0.330. The molecule has 0 spiro atoms. The zero-order valence-electron chi connectivity index (χ0n) is 11.0. The van der Waals surface area contributed by atoms with Gasteiger partial charge in [-0.2, -0.15) is 0 Å². The van der Waals surface area contributed by atoms with Crippen molar-refractivity contribution in [1.82, 2.24) is 9.97 Å². The van der Waals surface area contributed by atoms with Crippen LogP contribution >= 0.6 is 34.8 Å². The molecule has 0 saturated heterocycles. The second-order valence-corrected chi connectivity index (χ2v) is 5.93. The average Bonchev–Trinajstić information content (AvgIpc) is 2.43. The fourth-order valence-electron chi connectivity index (χ4n) is 2.04. The van der Waals surface area contributed by atoms with Gasteiger partial charge in [0.15, 0.2) is 5.82 Å². The average molecular weight is 339 g/mol. The summed E-state index contributed by atoms with van der Waals surface area (Å²) in [6, 6.07) is 8.94. The second kappa shape index (κ2) is 5.34. The van der Waals surface area contributed by atoms with Crippen molar-refractivity contribution in [2.45, 2.75) is 6.92 Å². The van der Waals surface area contributed by atoms with Gasteiger partial charge in [0.2, 0.25) is 0 Å². The minimum Gasteiger partial charge on any atom is -0.383 e. The predicted molar refractivity (Wildman–Crippen MR) is 89.2 cm³/mol. The van der Waals surface area contributed by atoms with Crippen LogP contribution in [0.5, 0.6) is 0 Å². The lowest BCUT2D eigenvalue weighted by molar-refractivity contribution is 1.23. The lowest BCUT2D eigenvalue weighted by Crippen LogP contribution is -1.98. The van der Waals surface area contributed by atoms with E-state index in [1.807, 2.05) is 19.1 Å². The van der Waals surface area contributed by atoms with E-state index < -0.39 is 0 Å². The Labute approximate surface area is 136 Å². The third kappa shape index (κ3) is 2.64. The number of benzene rings is 2. The van der Waals surface area contributed by atoms with Crippen LogP contribution in [0.4, 0.5) is 5.82 Å². The van der Waals surface area contributed by atoms with Gasteiger partial charge in [-0.1, -0.05) is 46.9 Å². The van der Waals surface area contributed by atoms with E-state index in [-0.39, 0.29) is 0 Å². The summed E-state index contributed by atoms with van der Waals surface area (Å²) in [5.41, 5.74) is 8.34. The molecule has 6 heteroatoms. The molecule has 0 amide bonds. The first-order valence-electron chi connectivity index (χ1n) is 6.14. The van der Waals surface area contributed by atoms with Crippen LogP contribution < -0.4 is 5.73 Å². The highest BCUT2D eigenvalue weighted by Crippen LogP contribution is 2.32. The molecule has 0 radical (unpaired) electrons. The van der Waals surface area contributed by atoms with Gasteiger partial charge in [0.1, 0.15) is 5.82 Å². The summed E-state index contributed by atoms with van der Waals surface area (Å²) >= 11 is 18.3. The molecule has 3 aromatic rings. The summed E-state index contributed by atoms with van der Waals surface area (Å²) in [5, 5.41) is 2.21. The lowest BCUT2D eigenvalue weighted by atomic mass is 10.1. The summed E-state index contributed by atoms with van der Waals surface area (Å²) in [6.45, 7) is 1.93. The molecular weight excluding hydrogens is 329 g/mol. The molecule has 0 unspecified atom stereocenters. The SMILES string of the molecule is Cc1ccc(-c2nc(N)c3cc(Cl)cc(Cl)c3n2)cc1Cl. The molecule has 0 saturated carbocycles. The number of aryl methyl sites for hydroxylation is 1. The van der Waals surface area contributed by atoms with Gasteiger partial charge in [-0.15, -0.1) is 0 Å². The van der Waals surface area contributed by atoms with Gasteiger partial charge in [-0.3, -0.25) is 0 Å². The van der Waals surface area contributed by atoms with Crippen molar-refractivity contribution in [3.8, 4) is 11.4 Å². The van der Waals surface area contributed by atoms with E-state index in [0.29, 0.717) is 37.6 Å². The quantitative estimate of drug-likeness (QED) is 0.667. The highest BCUT2D eigenvalue weighted by atomic mass is 35.5. The van der Waals surface area contributed by atoms with Crippen molar-refractivity contribution in [2.24, 2.45) is 0 Å². The molecule has 3 rings (SSSR count). The third-order valence-electron chi connectivity index (χ3n) is 3.18. The topological polar surface area (TPSA) is 51.8 Å². The summed E-state index contributed by atoms with van der Waals surface area (Å²) < 4.78 is 0. The zero-order chi connectivity index (χ0) is 15.1. The highest BCUT2D eigenvalue weighted by molar-refractivity contribution is 6.38. The number of hydrogen-bond acceptors (Lipinski definition) is 3. The molecular formula is C15H10Cl3N3. The van der Waals surface area contributed by atoms with Crippen LogP contribution in [0.3, 0.4) is 0 Å². The number of hydrogen-bond donors (Lipinski definition) is 1. The fraction of sp³-hybridized carbons (Fsp3) is 0.0667. The molecule has 0 bridgehead atoms. The smallest absolute Gasteiger partial charge is 0.162 e. The molecule has 0 fully saturated rings. The van der Waals surface area contributed by atoms with E-state index in [2.05, 4.69) is 9.97 Å². The van der Waals surface area contributed by atoms with Crippen molar-refractivity contribution in [1.29, 1.82) is 0 Å². The Kier molecular flexibility index (Phi) is 3.66. The van der Waals surface area contributed by atoms with Gasteiger partial charge >= 0.3 is 0 Å². The molecule has 0 atom stereocenters. The van der Waals surface area contributed by atoms with E-state index in [0.717, 1.165) is 11.1 Å². The first-order valence-corrected chi connectivity index (χ1v) is 7.28. The number of nitrogens with two attached hydrogens (primary N) is 1. The second-order valence-electron chi connectivity index (χ2n) is 4.68. The van der Waals surface area contributed by atoms with Crippen LogP contribution in [0.2, 0.25) is 15.1 Å². The Morgan fingerprint density at radius 1 is 0.952 bits per heavy atom. The van der Waals surface area contributed by atoms with Gasteiger partial charge in [0, 0.05) is 21.0 Å². The number of anilines is 1. The van der Waals surface area contributed by atoms with E-state index in [1.54, 1.807) is 18.2 Å². The minimum atomic E-state index is 0.330. The fourth-order valence-corrected chi connectivity index (χ4v) is 2.76. The van der Waals surface area contributed by atoms with Crippen molar-refractivity contribution < 1.29 is 0 Å². The van der Waals surface area contributed by atoms with Gasteiger partial charge in [0.05, 0.1) is 10.5 Å². The number of halogens is 3. The lowest BCUT2D eigenvalue weighted by Gasteiger charge is -2.08. The normalized spacial score (nSPS) is 11.0. The van der Waals surface area contributed by atoms with E-state index in [9.17, 15) is 0 Å². The number of nitrogens with zero attached hydrogens (tertiary/aromatic N) is 2. The Hall–Kier alpha value is -1.55. The molecule has 0 aliphatic heterocycles. The molecule has 106 valence electrons. The van der Waals surface area contributed by atoms with Crippen molar-refractivity contribution >= 4 is 51.5 Å². The standard InChI is InChI=1S/C15H10Cl3N3/c1-7-2-3-8(4-11(7)17)15-20-13-10(14(19)21-15)5-9(16)6-12(13)18/h2-6H,1H3,(H2,19,20,21). The first-order chi connectivity index (χ1) is 9.95. The Morgan fingerprint density at radius 2 is 1.71 bits per heavy atom. The number of aromatic nitrogens is 2. The molecule has 2 N–H and O–H groups in total. The summed E-state index contributed by atoms with van der Waals surface area (Å²) in [7, 11) is 0. The van der Waals surface area contributed by atoms with Crippen molar-refractivity contribution in [2.75, 3.05) is 5.73 Å². The van der Waals surface area contributed by atoms with Gasteiger partial charge in [0.25, 0.3) is 0 Å². The maximum atomic E-state index is 6.19. The Morgan fingerprint density at radius 3 is 2.43 bits per heavy atom. The van der Waals surface area contributed by atoms with E-state index in [1.165, 1.54) is 0 Å². The van der Waals surface area contributed by atoms with Crippen LogP contribution in [-0.4, -0.2) is 9.97 Å². The molecule has 0 aliphatic rings. The van der Waals surface area contributed by atoms with Crippen LogP contribution in [0.1, 0.15) is 5.56 Å². The van der Waals surface area contributed by atoms with Gasteiger partial charge in [-0.25, -0.2) is 9.97 Å². The van der Waals surface area contributed by atoms with Gasteiger partial charge < -0.3 is 5.73 Å². The summed E-state index contributed by atoms with van der Waals surface area (Å²) in [6.07, 6.45) is 0. The summed E-state index contributed by atoms with van der Waals surface area (Å²) in [4.78, 5) is 8.79. The molecule has 2 aromatic carbocycles. The molecule has 3 nitrogen and oxygen atoms in total. The Bertz CT molecular complexity index is 862. The molecule has 1 aromatic heterocycles. The first kappa shape index (κ1) is 14.4. The van der Waals surface area contributed by atoms with Crippen molar-refractivity contribution in [3.05, 3.63) is 51.0 Å². The van der Waals surface area contributed by atoms with E-state index >= 15 is 0 Å². The number of rotatable bonds is 1. The zero-order valence-corrected chi connectivity index (χ0v) is 13.3. The van der Waals surface area contributed by atoms with Gasteiger partial charge in [-0.05, 0) is 30.7 Å². The maximum absolute atomic E-state index is 6.19. The van der Waals surface area contributed by atoms with Crippen LogP contribution in [0.25, 0.3) is 22.3 Å². The maximum Gasteiger partial charge on any atom is 0.162 e. The summed E-state index contributed by atoms with van der Waals surface area (Å²) in [5.74, 6) is 0.808. The molecule has 0 aliphatic carbocycles. The Balaban J connectivity index is 2.27. The third-order valence-corrected chi connectivity index (χ3v) is 4.09. The molecule has 1 heterocycles. The van der Waals surface area contributed by atoms with Crippen LogP contribution in [-0.2, 0) is 0 Å². The van der Waals surface area contributed by atoms with Crippen LogP contribution in [0, 0.1) is 6.92 Å². The number of fused-ring (bicyclic) bond motifs is 1. The van der Waals surface area contributed by atoms with Crippen LogP contribution in [0.15, 0.2) is 30.3 Å². The number of nitrogen functional groups attached to an aromatic ring is 1. The van der Waals surface area contributed by atoms with E-state index in [4.69, 9.17) is 40.5 Å².